The monoisotopic (exact) mass is 502 g/mol. The summed E-state index contributed by atoms with van der Waals surface area (Å²) in [5.41, 5.74) is 2.97. The molecule has 8 heteroatoms. The fourth-order valence-corrected chi connectivity index (χ4v) is 4.32. The summed E-state index contributed by atoms with van der Waals surface area (Å²) in [6, 6.07) is 15.8. The first-order chi connectivity index (χ1) is 17.8. The Morgan fingerprint density at radius 1 is 1.16 bits per heavy atom. The summed E-state index contributed by atoms with van der Waals surface area (Å²) in [7, 11) is 4.12. The Balaban J connectivity index is 1.59. The molecule has 2 aromatic carbocycles. The number of aryl methyl sites for hydroxylation is 1. The van der Waals surface area contributed by atoms with Crippen molar-refractivity contribution in [3.63, 3.8) is 0 Å². The van der Waals surface area contributed by atoms with Gasteiger partial charge in [-0.15, -0.1) is 0 Å². The Labute approximate surface area is 219 Å². The number of hydrogen-bond acceptors (Lipinski definition) is 6. The molecule has 1 amide bonds. The largest absolute Gasteiger partial charge is 0.358 e. The molecule has 1 aliphatic rings. The molecular formula is C29H38N6O2. The van der Waals surface area contributed by atoms with Crippen molar-refractivity contribution in [2.24, 2.45) is 5.92 Å². The van der Waals surface area contributed by atoms with E-state index in [0.29, 0.717) is 11.3 Å². The lowest BCUT2D eigenvalue weighted by Gasteiger charge is -2.27. The van der Waals surface area contributed by atoms with Crippen molar-refractivity contribution >= 4 is 11.7 Å². The predicted octanol–water partition coefficient (Wildman–Crippen LogP) is 3.37. The number of hydrogen-bond donors (Lipinski definition) is 3. The van der Waals surface area contributed by atoms with Gasteiger partial charge in [0.25, 0.3) is 11.5 Å². The standard InChI is InChI=1S/C29H38N6O2/c1-20-10-11-23(28(36)32-24-12-13-24)18-25(20)35-17-15-31-27(29(35)37)33-26(22-8-6-5-7-9-22)21(2)19-30-14-16-34(3)4/h5-11,15,17-18,21,24,26,30H,12-14,16,19H2,1-4H3,(H,31,33)(H,32,36)/t21-,26-/m1/s1. The third kappa shape index (κ3) is 7.05. The maximum Gasteiger partial charge on any atom is 0.297 e. The van der Waals surface area contributed by atoms with E-state index in [1.54, 1.807) is 29.1 Å². The second kappa shape index (κ2) is 12.2. The molecule has 2 atom stereocenters. The minimum absolute atomic E-state index is 0.107. The number of nitrogens with zero attached hydrogens (tertiary/aromatic N) is 3. The van der Waals surface area contributed by atoms with E-state index in [4.69, 9.17) is 0 Å². The Morgan fingerprint density at radius 2 is 1.92 bits per heavy atom. The predicted molar refractivity (Wildman–Crippen MR) is 148 cm³/mol. The summed E-state index contributed by atoms with van der Waals surface area (Å²) in [5, 5.41) is 9.98. The Morgan fingerprint density at radius 3 is 2.62 bits per heavy atom. The molecule has 196 valence electrons. The summed E-state index contributed by atoms with van der Waals surface area (Å²) in [6.07, 6.45) is 5.33. The van der Waals surface area contributed by atoms with Crippen LogP contribution in [0.25, 0.3) is 5.69 Å². The van der Waals surface area contributed by atoms with Crippen LogP contribution in [-0.2, 0) is 0 Å². The Kier molecular flexibility index (Phi) is 8.74. The molecule has 0 unspecified atom stereocenters. The van der Waals surface area contributed by atoms with Crippen LogP contribution in [0.5, 0.6) is 0 Å². The van der Waals surface area contributed by atoms with Crippen LogP contribution in [0.4, 0.5) is 5.82 Å². The molecule has 0 spiro atoms. The van der Waals surface area contributed by atoms with Crippen LogP contribution in [0.2, 0.25) is 0 Å². The van der Waals surface area contributed by atoms with Gasteiger partial charge in [-0.05, 0) is 63.0 Å². The summed E-state index contributed by atoms with van der Waals surface area (Å²) in [6.45, 7) is 6.74. The molecule has 1 heterocycles. The molecule has 3 aromatic rings. The number of amides is 1. The second-order valence-corrected chi connectivity index (χ2v) is 10.2. The quantitative estimate of drug-likeness (QED) is 0.329. The van der Waals surface area contributed by atoms with Crippen LogP contribution in [0.3, 0.4) is 0 Å². The van der Waals surface area contributed by atoms with E-state index < -0.39 is 0 Å². The molecule has 1 aromatic heterocycles. The summed E-state index contributed by atoms with van der Waals surface area (Å²) in [5.74, 6) is 0.364. The zero-order chi connectivity index (χ0) is 26.4. The molecule has 0 aliphatic heterocycles. The van der Waals surface area contributed by atoms with Crippen LogP contribution in [0.15, 0.2) is 65.7 Å². The van der Waals surface area contributed by atoms with Gasteiger partial charge in [0.1, 0.15) is 0 Å². The lowest BCUT2D eigenvalue weighted by molar-refractivity contribution is 0.0951. The van der Waals surface area contributed by atoms with Crippen LogP contribution >= 0.6 is 0 Å². The van der Waals surface area contributed by atoms with Gasteiger partial charge in [0.05, 0.1) is 11.7 Å². The molecular weight excluding hydrogens is 464 g/mol. The SMILES string of the molecule is Cc1ccc(C(=O)NC2CC2)cc1-n1ccnc(N[C@@H](c2ccccc2)[C@H](C)CNCCN(C)C)c1=O. The molecule has 3 N–H and O–H groups in total. The van der Waals surface area contributed by atoms with E-state index in [0.717, 1.165) is 43.6 Å². The number of aromatic nitrogens is 2. The third-order valence-electron chi connectivity index (χ3n) is 6.71. The number of carbonyl (C=O) groups is 1. The van der Waals surface area contributed by atoms with E-state index in [1.165, 1.54) is 0 Å². The van der Waals surface area contributed by atoms with Gasteiger partial charge in [-0.2, -0.15) is 0 Å². The molecule has 0 bridgehead atoms. The van der Waals surface area contributed by atoms with E-state index in [9.17, 15) is 9.59 Å². The summed E-state index contributed by atoms with van der Waals surface area (Å²) in [4.78, 5) is 32.8. The van der Waals surface area contributed by atoms with Crippen molar-refractivity contribution < 1.29 is 4.79 Å². The van der Waals surface area contributed by atoms with Gasteiger partial charge >= 0.3 is 0 Å². The lowest BCUT2D eigenvalue weighted by atomic mass is 9.94. The Bertz CT molecular complexity index is 1250. The maximum absolute atomic E-state index is 13.6. The highest BCUT2D eigenvalue weighted by Gasteiger charge is 2.25. The highest BCUT2D eigenvalue weighted by Crippen LogP contribution is 2.25. The van der Waals surface area contributed by atoms with Crippen molar-refractivity contribution in [3.8, 4) is 5.69 Å². The fraction of sp³-hybridized carbons (Fsp3) is 0.414. The molecule has 37 heavy (non-hydrogen) atoms. The summed E-state index contributed by atoms with van der Waals surface area (Å²) < 4.78 is 1.57. The number of likely N-dealkylation sites (N-methyl/N-ethyl adjacent to an activating group) is 1. The molecule has 1 fully saturated rings. The van der Waals surface area contributed by atoms with Gasteiger partial charge in [-0.1, -0.05) is 43.3 Å². The maximum atomic E-state index is 13.6. The first-order valence-corrected chi connectivity index (χ1v) is 13.0. The van der Waals surface area contributed by atoms with Crippen molar-refractivity contribution in [3.05, 3.63) is 88.0 Å². The molecule has 0 radical (unpaired) electrons. The highest BCUT2D eigenvalue weighted by atomic mass is 16.2. The number of carbonyl (C=O) groups excluding carboxylic acids is 1. The van der Waals surface area contributed by atoms with Gasteiger partial charge in [-0.25, -0.2) is 4.98 Å². The van der Waals surface area contributed by atoms with Crippen LogP contribution < -0.4 is 21.5 Å². The van der Waals surface area contributed by atoms with E-state index in [1.807, 2.05) is 31.2 Å². The van der Waals surface area contributed by atoms with Gasteiger partial charge in [0.15, 0.2) is 5.82 Å². The molecule has 1 aliphatic carbocycles. The number of anilines is 1. The molecule has 1 saturated carbocycles. The average molecular weight is 503 g/mol. The van der Waals surface area contributed by atoms with Gasteiger partial charge in [0, 0.05) is 43.6 Å². The normalized spacial score (nSPS) is 14.8. The average Bonchev–Trinajstić information content (AvgIpc) is 3.70. The van der Waals surface area contributed by atoms with Gasteiger partial charge in [-0.3, -0.25) is 14.2 Å². The Hall–Kier alpha value is -3.49. The molecule has 8 nitrogen and oxygen atoms in total. The van der Waals surface area contributed by atoms with E-state index in [-0.39, 0.29) is 35.3 Å². The first kappa shape index (κ1) is 26.6. The van der Waals surface area contributed by atoms with Crippen molar-refractivity contribution in [1.29, 1.82) is 0 Å². The van der Waals surface area contributed by atoms with Gasteiger partial charge in [0.2, 0.25) is 0 Å². The zero-order valence-electron chi connectivity index (χ0n) is 22.2. The first-order valence-electron chi connectivity index (χ1n) is 13.0. The minimum Gasteiger partial charge on any atom is -0.358 e. The zero-order valence-corrected chi connectivity index (χ0v) is 22.2. The van der Waals surface area contributed by atoms with Crippen LogP contribution in [0.1, 0.15) is 47.3 Å². The topological polar surface area (TPSA) is 91.3 Å². The lowest BCUT2D eigenvalue weighted by Crippen LogP contribution is -2.34. The minimum atomic E-state index is -0.251. The van der Waals surface area contributed by atoms with E-state index in [2.05, 4.69) is 59.0 Å². The van der Waals surface area contributed by atoms with Gasteiger partial charge < -0.3 is 20.9 Å². The van der Waals surface area contributed by atoms with Crippen LogP contribution in [0, 0.1) is 12.8 Å². The number of nitrogens with one attached hydrogen (secondary N) is 3. The van der Waals surface area contributed by atoms with Crippen molar-refractivity contribution in [2.75, 3.05) is 39.0 Å². The molecule has 4 rings (SSSR count). The van der Waals surface area contributed by atoms with E-state index >= 15 is 0 Å². The highest BCUT2D eigenvalue weighted by molar-refractivity contribution is 5.95. The third-order valence-corrected chi connectivity index (χ3v) is 6.71. The number of rotatable bonds is 12. The fourth-order valence-electron chi connectivity index (χ4n) is 4.32. The smallest absolute Gasteiger partial charge is 0.297 e. The van der Waals surface area contributed by atoms with Crippen molar-refractivity contribution in [2.45, 2.75) is 38.8 Å². The second-order valence-electron chi connectivity index (χ2n) is 10.2. The molecule has 0 saturated heterocycles. The number of benzene rings is 2. The van der Waals surface area contributed by atoms with Crippen molar-refractivity contribution in [1.82, 2.24) is 25.1 Å². The van der Waals surface area contributed by atoms with Crippen LogP contribution in [-0.4, -0.2) is 60.1 Å². The summed E-state index contributed by atoms with van der Waals surface area (Å²) >= 11 is 0.